The highest BCUT2D eigenvalue weighted by Crippen LogP contribution is 2.16. The highest BCUT2D eigenvalue weighted by molar-refractivity contribution is 5.90. The van der Waals surface area contributed by atoms with Crippen LogP contribution in [0.2, 0.25) is 0 Å². The number of fused-ring (bicyclic) bond motifs is 1. The van der Waals surface area contributed by atoms with Gasteiger partial charge in [-0.3, -0.25) is 14.4 Å². The Morgan fingerprint density at radius 1 is 1.25 bits per heavy atom. The van der Waals surface area contributed by atoms with E-state index in [1.54, 1.807) is 6.92 Å². The summed E-state index contributed by atoms with van der Waals surface area (Å²) < 4.78 is 4.80. The highest BCUT2D eigenvalue weighted by Gasteiger charge is 2.28. The van der Waals surface area contributed by atoms with Gasteiger partial charge in [0.2, 0.25) is 17.7 Å². The molecule has 32 heavy (non-hydrogen) atoms. The predicted octanol–water partition coefficient (Wildman–Crippen LogP) is -0.952. The zero-order valence-electron chi connectivity index (χ0n) is 18.0. The van der Waals surface area contributed by atoms with E-state index in [1.165, 1.54) is 6.08 Å². The first kappa shape index (κ1) is 25.0. The molecular formula is C22H30N4O6. The van der Waals surface area contributed by atoms with Crippen molar-refractivity contribution in [3.63, 3.8) is 0 Å². The van der Waals surface area contributed by atoms with Gasteiger partial charge in [0, 0.05) is 25.1 Å². The summed E-state index contributed by atoms with van der Waals surface area (Å²) in [5.41, 5.74) is 7.33. The van der Waals surface area contributed by atoms with E-state index in [2.05, 4.69) is 16.0 Å². The Bertz CT molecular complexity index is 857. The van der Waals surface area contributed by atoms with E-state index in [0.29, 0.717) is 13.0 Å². The van der Waals surface area contributed by atoms with Crippen LogP contribution >= 0.6 is 0 Å². The van der Waals surface area contributed by atoms with Gasteiger partial charge in [-0.2, -0.15) is 0 Å². The molecule has 3 amide bonds. The Balaban J connectivity index is 1.98. The van der Waals surface area contributed by atoms with Crippen LogP contribution in [-0.2, 0) is 36.9 Å². The normalized spacial score (nSPS) is 17.1. The predicted molar refractivity (Wildman–Crippen MR) is 116 cm³/mol. The summed E-state index contributed by atoms with van der Waals surface area (Å²) in [7, 11) is 0. The van der Waals surface area contributed by atoms with Crippen molar-refractivity contribution in [2.24, 2.45) is 5.73 Å². The molecule has 1 aliphatic heterocycles. The number of aliphatic hydroxyl groups is 1. The van der Waals surface area contributed by atoms with Crippen LogP contribution < -0.4 is 21.7 Å². The fraction of sp³-hybridized carbons (Fsp3) is 0.455. The Morgan fingerprint density at radius 3 is 2.62 bits per heavy atom. The van der Waals surface area contributed by atoms with E-state index in [0.717, 1.165) is 17.2 Å². The minimum Gasteiger partial charge on any atom is -0.463 e. The number of carbonyl (C=O) groups excluding carboxylic acids is 4. The average molecular weight is 447 g/mol. The maximum atomic E-state index is 12.7. The van der Waals surface area contributed by atoms with Crippen molar-refractivity contribution in [2.45, 2.75) is 50.9 Å². The maximum Gasteiger partial charge on any atom is 0.330 e. The Morgan fingerprint density at radius 2 is 1.97 bits per heavy atom. The Labute approximate surface area is 186 Å². The third kappa shape index (κ3) is 7.78. The SMILES string of the molecule is CCOC(=O)/C=C/[C@H](CCC(N)=O)NC(=O)[C@H](CO)NC(=O)[C@@H]1Cc2ccccc2CN1. The van der Waals surface area contributed by atoms with Crippen molar-refractivity contribution in [1.82, 2.24) is 16.0 Å². The molecule has 2 rings (SSSR count). The monoisotopic (exact) mass is 446 g/mol. The number of rotatable bonds is 11. The zero-order chi connectivity index (χ0) is 23.5. The molecule has 0 radical (unpaired) electrons. The number of aliphatic hydroxyl groups excluding tert-OH is 1. The van der Waals surface area contributed by atoms with Crippen LogP contribution in [0.4, 0.5) is 0 Å². The zero-order valence-corrected chi connectivity index (χ0v) is 18.0. The summed E-state index contributed by atoms with van der Waals surface area (Å²) in [6.07, 6.45) is 3.11. The van der Waals surface area contributed by atoms with Crippen molar-refractivity contribution in [3.8, 4) is 0 Å². The molecule has 10 heteroatoms. The van der Waals surface area contributed by atoms with Gasteiger partial charge < -0.3 is 31.5 Å². The molecule has 0 aliphatic carbocycles. The second-order valence-corrected chi connectivity index (χ2v) is 7.38. The second kappa shape index (κ2) is 12.6. The topological polar surface area (TPSA) is 160 Å². The second-order valence-electron chi connectivity index (χ2n) is 7.38. The quantitative estimate of drug-likeness (QED) is 0.216. The lowest BCUT2D eigenvalue weighted by Gasteiger charge is -2.27. The summed E-state index contributed by atoms with van der Waals surface area (Å²) in [6, 6.07) is 5.30. The van der Waals surface area contributed by atoms with E-state index in [4.69, 9.17) is 10.5 Å². The maximum absolute atomic E-state index is 12.7. The highest BCUT2D eigenvalue weighted by atomic mass is 16.5. The van der Waals surface area contributed by atoms with Gasteiger partial charge in [-0.1, -0.05) is 30.3 Å². The molecule has 1 aromatic carbocycles. The number of hydrogen-bond acceptors (Lipinski definition) is 7. The van der Waals surface area contributed by atoms with Crippen LogP contribution in [0.1, 0.15) is 30.9 Å². The molecule has 10 nitrogen and oxygen atoms in total. The molecule has 0 saturated carbocycles. The van der Waals surface area contributed by atoms with E-state index in [-0.39, 0.29) is 19.4 Å². The summed E-state index contributed by atoms with van der Waals surface area (Å²) in [5, 5.41) is 17.9. The molecule has 1 aliphatic rings. The molecule has 0 aromatic heterocycles. The lowest BCUT2D eigenvalue weighted by Crippen LogP contribution is -2.56. The largest absolute Gasteiger partial charge is 0.463 e. The minimum atomic E-state index is -1.20. The molecule has 3 atom stereocenters. The van der Waals surface area contributed by atoms with E-state index in [1.807, 2.05) is 24.3 Å². The van der Waals surface area contributed by atoms with E-state index in [9.17, 15) is 24.3 Å². The van der Waals surface area contributed by atoms with Gasteiger partial charge in [0.05, 0.1) is 19.3 Å². The lowest BCUT2D eigenvalue weighted by molar-refractivity contribution is -0.137. The van der Waals surface area contributed by atoms with E-state index < -0.39 is 48.4 Å². The van der Waals surface area contributed by atoms with Crippen LogP contribution in [0.15, 0.2) is 36.4 Å². The smallest absolute Gasteiger partial charge is 0.330 e. The minimum absolute atomic E-state index is 0.0281. The fourth-order valence-corrected chi connectivity index (χ4v) is 3.29. The van der Waals surface area contributed by atoms with E-state index >= 15 is 0 Å². The number of amides is 3. The van der Waals surface area contributed by atoms with Crippen LogP contribution in [0.25, 0.3) is 0 Å². The summed E-state index contributed by atoms with van der Waals surface area (Å²) in [4.78, 5) is 48.0. The van der Waals surface area contributed by atoms with Crippen LogP contribution in [-0.4, -0.2) is 60.1 Å². The number of hydrogen-bond donors (Lipinski definition) is 5. The average Bonchev–Trinajstić information content (AvgIpc) is 2.78. The van der Waals surface area contributed by atoms with Gasteiger partial charge in [-0.15, -0.1) is 0 Å². The summed E-state index contributed by atoms with van der Waals surface area (Å²) in [5.74, 6) is -2.23. The van der Waals surface area contributed by atoms with Crippen molar-refractivity contribution >= 4 is 23.7 Å². The molecule has 1 aromatic rings. The molecule has 174 valence electrons. The first-order valence-electron chi connectivity index (χ1n) is 10.5. The first-order valence-corrected chi connectivity index (χ1v) is 10.5. The van der Waals surface area contributed by atoms with Crippen LogP contribution in [0.3, 0.4) is 0 Å². The molecule has 0 unspecified atom stereocenters. The number of ether oxygens (including phenoxy) is 1. The molecular weight excluding hydrogens is 416 g/mol. The number of nitrogens with two attached hydrogens (primary N) is 1. The van der Waals surface area contributed by atoms with Gasteiger partial charge in [0.1, 0.15) is 6.04 Å². The Kier molecular flexibility index (Phi) is 9.83. The van der Waals surface area contributed by atoms with Crippen molar-refractivity contribution < 1.29 is 29.0 Å². The molecule has 0 spiro atoms. The van der Waals surface area contributed by atoms with Crippen molar-refractivity contribution in [3.05, 3.63) is 47.5 Å². The number of benzene rings is 1. The fourth-order valence-electron chi connectivity index (χ4n) is 3.29. The number of esters is 1. The standard InChI is InChI=1S/C22H30N4O6/c1-2-32-20(29)10-8-16(7-9-19(23)28)25-22(31)18(13-27)26-21(30)17-11-14-5-3-4-6-15(14)12-24-17/h3-6,8,10,16-18,24,27H,2,7,9,11-13H2,1H3,(H2,23,28)(H,25,31)(H,26,30)/b10-8+/t16-,17-,18-/m0/s1. The number of carbonyl (C=O) groups is 4. The van der Waals surface area contributed by atoms with Gasteiger partial charge in [0.15, 0.2) is 0 Å². The number of primary amides is 1. The molecule has 0 fully saturated rings. The molecule has 0 bridgehead atoms. The third-order valence-electron chi connectivity index (χ3n) is 4.99. The van der Waals surface area contributed by atoms with Gasteiger partial charge in [0.25, 0.3) is 0 Å². The van der Waals surface area contributed by atoms with Gasteiger partial charge in [-0.25, -0.2) is 4.79 Å². The van der Waals surface area contributed by atoms with Gasteiger partial charge >= 0.3 is 5.97 Å². The summed E-state index contributed by atoms with van der Waals surface area (Å²) in [6.45, 7) is 1.76. The van der Waals surface area contributed by atoms with Crippen molar-refractivity contribution in [2.75, 3.05) is 13.2 Å². The molecule has 0 saturated heterocycles. The summed E-state index contributed by atoms with van der Waals surface area (Å²) >= 11 is 0. The van der Waals surface area contributed by atoms with Gasteiger partial charge in [-0.05, 0) is 30.9 Å². The molecule has 6 N–H and O–H groups in total. The third-order valence-corrected chi connectivity index (χ3v) is 4.99. The lowest BCUT2D eigenvalue weighted by atomic mass is 9.95. The van der Waals surface area contributed by atoms with Crippen LogP contribution in [0, 0.1) is 0 Å². The Hall–Kier alpha value is -3.24. The molecule has 1 heterocycles. The first-order chi connectivity index (χ1) is 15.3. The van der Waals surface area contributed by atoms with Crippen LogP contribution in [0.5, 0.6) is 0 Å². The van der Waals surface area contributed by atoms with Crippen molar-refractivity contribution in [1.29, 1.82) is 0 Å². The number of nitrogens with one attached hydrogen (secondary N) is 3.